The number of aliphatic carboxylic acids is 1. The number of carboxylic acids is 1. The van der Waals surface area contributed by atoms with Crippen molar-refractivity contribution in [1.82, 2.24) is 4.72 Å². The molecule has 192 valence electrons. The van der Waals surface area contributed by atoms with Gasteiger partial charge >= 0.3 is 52.9 Å². The second kappa shape index (κ2) is 8.01. The molecule has 0 aromatic heterocycles. The number of nitrogens with one attached hydrogen (secondary N) is 1. The molecule has 0 amide bonds. The first kappa shape index (κ1) is 30.4. The third-order valence-corrected chi connectivity index (χ3v) is 4.41. The van der Waals surface area contributed by atoms with Gasteiger partial charge in [-0.25, -0.2) is 8.93 Å². The van der Waals surface area contributed by atoms with Crippen molar-refractivity contribution in [2.24, 2.45) is 0 Å². The summed E-state index contributed by atoms with van der Waals surface area (Å²) in [6.45, 7) is -2.05. The van der Waals surface area contributed by atoms with Gasteiger partial charge in [0.05, 0.1) is 0 Å². The van der Waals surface area contributed by atoms with Gasteiger partial charge < -0.3 is 5.11 Å². The Hall–Kier alpha value is -1.61. The van der Waals surface area contributed by atoms with Crippen LogP contribution >= 0.6 is 0 Å². The quantitative estimate of drug-likeness (QED) is 0.406. The SMILES string of the molecule is O=C(O)CNS(=O)C(F)(F)C(F)(F)C(F)(F)C(F)(F)C(F)(F)C(F)(F)C(F)(F)C(F)(F)F. The fraction of sp³-hybridized carbons (Fsp3) is 0.900. The average Bonchev–Trinajstić information content (AvgIpc) is 2.57. The Morgan fingerprint density at radius 3 is 1.16 bits per heavy atom. The van der Waals surface area contributed by atoms with E-state index in [1.54, 1.807) is 0 Å². The van der Waals surface area contributed by atoms with E-state index in [0.717, 1.165) is 0 Å². The van der Waals surface area contributed by atoms with Crippen LogP contribution in [0.3, 0.4) is 0 Å². The van der Waals surface area contributed by atoms with Crippen molar-refractivity contribution in [2.75, 3.05) is 6.54 Å². The second-order valence-corrected chi connectivity index (χ2v) is 6.78. The van der Waals surface area contributed by atoms with E-state index in [1.807, 2.05) is 0 Å². The molecule has 4 nitrogen and oxygen atoms in total. The van der Waals surface area contributed by atoms with Gasteiger partial charge in [-0.15, -0.1) is 0 Å². The molecule has 0 heterocycles. The molecule has 0 saturated carbocycles. The Morgan fingerprint density at radius 2 is 0.875 bits per heavy atom. The fourth-order valence-corrected chi connectivity index (χ4v) is 2.28. The number of halogens is 17. The molecule has 0 rings (SSSR count). The summed E-state index contributed by atoms with van der Waals surface area (Å²) >= 11 is 0. The van der Waals surface area contributed by atoms with Gasteiger partial charge in [-0.05, 0) is 0 Å². The number of alkyl halides is 17. The van der Waals surface area contributed by atoms with Crippen molar-refractivity contribution in [3.05, 3.63) is 0 Å². The highest BCUT2D eigenvalue weighted by molar-refractivity contribution is 7.84. The lowest BCUT2D eigenvalue weighted by molar-refractivity contribution is -0.458. The van der Waals surface area contributed by atoms with Gasteiger partial charge in [0, 0.05) is 0 Å². The van der Waals surface area contributed by atoms with E-state index in [0.29, 0.717) is 4.72 Å². The molecule has 1 unspecified atom stereocenters. The Kier molecular flexibility index (Phi) is 7.60. The van der Waals surface area contributed by atoms with Crippen LogP contribution in [0.2, 0.25) is 0 Å². The van der Waals surface area contributed by atoms with Crippen molar-refractivity contribution in [3.8, 4) is 0 Å². The predicted molar refractivity (Wildman–Crippen MR) is 64.5 cm³/mol. The molecule has 22 heteroatoms. The number of carbonyl (C=O) groups is 1. The standard InChI is InChI=1S/C10H4F17NO3S/c11-3(12,5(15,16)7(19,20)9(23,24)25)4(13,14)6(17,18)8(21,22)10(26,27)32(31)28-1-2(29)30/h28H,1H2,(H,29,30). The Morgan fingerprint density at radius 1 is 0.594 bits per heavy atom. The zero-order chi connectivity index (χ0) is 26.6. The van der Waals surface area contributed by atoms with E-state index >= 15 is 0 Å². The molecular formula is C10H4F17NO3S. The van der Waals surface area contributed by atoms with Crippen LogP contribution in [-0.2, 0) is 15.8 Å². The third kappa shape index (κ3) is 4.06. The van der Waals surface area contributed by atoms with Crippen molar-refractivity contribution < 1.29 is 88.7 Å². The Labute approximate surface area is 165 Å². The minimum absolute atomic E-state index is 0.325. The summed E-state index contributed by atoms with van der Waals surface area (Å²) in [6.07, 6.45) is -7.86. The van der Waals surface area contributed by atoms with Crippen molar-refractivity contribution >= 4 is 17.0 Å². The molecule has 0 aliphatic heterocycles. The molecule has 0 aromatic rings. The topological polar surface area (TPSA) is 66.4 Å². The zero-order valence-corrected chi connectivity index (χ0v) is 14.6. The molecule has 0 aliphatic carbocycles. The highest BCUT2D eigenvalue weighted by atomic mass is 32.2. The van der Waals surface area contributed by atoms with Crippen LogP contribution in [0.25, 0.3) is 0 Å². The van der Waals surface area contributed by atoms with Gasteiger partial charge in [-0.1, -0.05) is 0 Å². The largest absolute Gasteiger partial charge is 0.480 e. The summed E-state index contributed by atoms with van der Waals surface area (Å²) in [5, 5.41) is 0.800. The number of hydrogen-bond acceptors (Lipinski definition) is 2. The van der Waals surface area contributed by atoms with Crippen LogP contribution < -0.4 is 4.72 Å². The van der Waals surface area contributed by atoms with E-state index in [9.17, 15) is 83.6 Å². The number of hydrogen-bond donors (Lipinski definition) is 2. The molecular weight excluding hydrogens is 537 g/mol. The maximum absolute atomic E-state index is 13.4. The minimum atomic E-state index is -8.79. The van der Waals surface area contributed by atoms with Gasteiger partial charge in [0.25, 0.3) is 0 Å². The van der Waals surface area contributed by atoms with E-state index in [2.05, 4.69) is 0 Å². The lowest BCUT2D eigenvalue weighted by Crippen LogP contribution is -2.75. The highest BCUT2D eigenvalue weighted by Crippen LogP contribution is 2.64. The van der Waals surface area contributed by atoms with Crippen LogP contribution in [0.4, 0.5) is 74.6 Å². The lowest BCUT2D eigenvalue weighted by atomic mass is 9.91. The summed E-state index contributed by atoms with van der Waals surface area (Å²) in [5.74, 6) is -53.6. The predicted octanol–water partition coefficient (Wildman–Crippen LogP) is 4.29. The maximum Gasteiger partial charge on any atom is 0.460 e. The molecule has 32 heavy (non-hydrogen) atoms. The monoisotopic (exact) mass is 541 g/mol. The molecule has 2 N–H and O–H groups in total. The summed E-state index contributed by atoms with van der Waals surface area (Å²) < 4.78 is 231. The van der Waals surface area contributed by atoms with Gasteiger partial charge in [0.1, 0.15) is 6.54 Å². The van der Waals surface area contributed by atoms with Crippen LogP contribution in [0.15, 0.2) is 0 Å². The van der Waals surface area contributed by atoms with Gasteiger partial charge in [-0.2, -0.15) is 74.6 Å². The Bertz CT molecular complexity index is 745. The molecule has 0 spiro atoms. The fourth-order valence-electron chi connectivity index (χ4n) is 1.48. The lowest BCUT2D eigenvalue weighted by Gasteiger charge is -2.42. The third-order valence-electron chi connectivity index (χ3n) is 3.28. The van der Waals surface area contributed by atoms with Crippen LogP contribution in [0.5, 0.6) is 0 Å². The molecule has 0 fully saturated rings. The first-order chi connectivity index (χ1) is 13.6. The summed E-state index contributed by atoms with van der Waals surface area (Å²) in [6, 6.07) is 0. The molecule has 0 saturated heterocycles. The average molecular weight is 541 g/mol. The van der Waals surface area contributed by atoms with Crippen LogP contribution in [0.1, 0.15) is 0 Å². The van der Waals surface area contributed by atoms with Gasteiger partial charge in [0.15, 0.2) is 11.0 Å². The molecule has 0 radical (unpaired) electrons. The van der Waals surface area contributed by atoms with Crippen molar-refractivity contribution in [1.29, 1.82) is 0 Å². The first-order valence-electron chi connectivity index (χ1n) is 6.67. The molecule has 0 aromatic carbocycles. The van der Waals surface area contributed by atoms with Gasteiger partial charge in [-0.3, -0.25) is 4.79 Å². The minimum Gasteiger partial charge on any atom is -0.480 e. The van der Waals surface area contributed by atoms with E-state index in [1.165, 1.54) is 0 Å². The number of rotatable bonds is 10. The van der Waals surface area contributed by atoms with Crippen LogP contribution in [-0.4, -0.2) is 68.8 Å². The smallest absolute Gasteiger partial charge is 0.460 e. The van der Waals surface area contributed by atoms with Crippen LogP contribution in [0, 0.1) is 0 Å². The second-order valence-electron chi connectivity index (χ2n) is 5.44. The maximum atomic E-state index is 13.4. The number of carboxylic acid groups (broad SMARTS) is 1. The first-order valence-corrected chi connectivity index (χ1v) is 7.82. The molecule has 0 bridgehead atoms. The van der Waals surface area contributed by atoms with E-state index in [-0.39, 0.29) is 0 Å². The van der Waals surface area contributed by atoms with Crippen molar-refractivity contribution in [2.45, 2.75) is 47.0 Å². The molecule has 0 aliphatic rings. The summed E-state index contributed by atoms with van der Waals surface area (Å²) in [7, 11) is -5.17. The van der Waals surface area contributed by atoms with Gasteiger partial charge in [0.2, 0.25) is 0 Å². The Balaban J connectivity index is 6.65. The van der Waals surface area contributed by atoms with E-state index in [4.69, 9.17) is 5.11 Å². The highest BCUT2D eigenvalue weighted by Gasteiger charge is 2.95. The zero-order valence-electron chi connectivity index (χ0n) is 13.8. The molecule has 1 atom stereocenters. The summed E-state index contributed by atoms with van der Waals surface area (Å²) in [5.41, 5.74) is 0. The van der Waals surface area contributed by atoms with E-state index < -0.39 is 70.5 Å². The normalized spacial score (nSPS) is 16.8. The summed E-state index contributed by atoms with van der Waals surface area (Å²) in [4.78, 5) is 10.0. The van der Waals surface area contributed by atoms with Crippen molar-refractivity contribution in [3.63, 3.8) is 0 Å².